The summed E-state index contributed by atoms with van der Waals surface area (Å²) in [6.07, 6.45) is 4.41. The largest absolute Gasteiger partial charge is 0.390 e. The fourth-order valence-electron chi connectivity index (χ4n) is 1.88. The van der Waals surface area contributed by atoms with Gasteiger partial charge >= 0.3 is 0 Å². The maximum absolute atomic E-state index is 11.3. The normalized spacial score (nSPS) is 26.4. The molecule has 5 heteroatoms. The van der Waals surface area contributed by atoms with Gasteiger partial charge < -0.3 is 10.4 Å². The highest BCUT2D eigenvalue weighted by molar-refractivity contribution is 7.91. The van der Waals surface area contributed by atoms with Gasteiger partial charge in [0, 0.05) is 11.3 Å². The van der Waals surface area contributed by atoms with Crippen LogP contribution in [0.2, 0.25) is 0 Å². The van der Waals surface area contributed by atoms with Crippen LogP contribution in [-0.4, -0.2) is 37.2 Å². The number of anilines is 1. The van der Waals surface area contributed by atoms with Crippen LogP contribution >= 0.6 is 0 Å². The maximum Gasteiger partial charge on any atom is 0.155 e. The number of aliphatic hydroxyl groups excluding tert-OH is 1. The van der Waals surface area contributed by atoms with Crippen LogP contribution in [0.25, 0.3) is 0 Å². The Balaban J connectivity index is 2.14. The number of nitrogens with one attached hydrogen (secondary N) is 1. The SMILES string of the molecule is C#Cc1cccc(NC2CS(=O)(=O)CC2O)c1. The summed E-state index contributed by atoms with van der Waals surface area (Å²) in [5.41, 5.74) is 1.44. The number of hydrogen-bond acceptors (Lipinski definition) is 4. The molecule has 2 N–H and O–H groups in total. The summed E-state index contributed by atoms with van der Waals surface area (Å²) in [4.78, 5) is 0. The Morgan fingerprint density at radius 1 is 1.41 bits per heavy atom. The number of hydrogen-bond donors (Lipinski definition) is 2. The molecule has 2 atom stereocenters. The first-order valence-corrected chi connectivity index (χ1v) is 7.04. The summed E-state index contributed by atoms with van der Waals surface area (Å²) < 4.78 is 22.7. The van der Waals surface area contributed by atoms with Gasteiger partial charge in [0.2, 0.25) is 0 Å². The van der Waals surface area contributed by atoms with E-state index in [-0.39, 0.29) is 11.5 Å². The van der Waals surface area contributed by atoms with Gasteiger partial charge in [-0.1, -0.05) is 12.0 Å². The molecule has 0 bridgehead atoms. The van der Waals surface area contributed by atoms with Crippen molar-refractivity contribution in [3.05, 3.63) is 29.8 Å². The summed E-state index contributed by atoms with van der Waals surface area (Å²) in [5.74, 6) is 2.27. The van der Waals surface area contributed by atoms with E-state index in [1.807, 2.05) is 0 Å². The Hall–Kier alpha value is -1.51. The van der Waals surface area contributed by atoms with Crippen molar-refractivity contribution in [2.45, 2.75) is 12.1 Å². The molecule has 1 heterocycles. The van der Waals surface area contributed by atoms with Gasteiger partial charge in [-0.25, -0.2) is 8.42 Å². The second-order valence-corrected chi connectivity index (χ2v) is 6.27. The van der Waals surface area contributed by atoms with Gasteiger partial charge in [-0.05, 0) is 18.2 Å². The lowest BCUT2D eigenvalue weighted by atomic mass is 10.1. The Bertz CT molecular complexity index is 559. The van der Waals surface area contributed by atoms with E-state index in [9.17, 15) is 13.5 Å². The summed E-state index contributed by atoms with van der Waals surface area (Å²) in [5, 5.41) is 12.6. The van der Waals surface area contributed by atoms with Gasteiger partial charge in [-0.3, -0.25) is 0 Å². The van der Waals surface area contributed by atoms with Crippen molar-refractivity contribution >= 4 is 15.5 Å². The van der Waals surface area contributed by atoms with E-state index >= 15 is 0 Å². The second kappa shape index (κ2) is 4.40. The zero-order valence-corrected chi connectivity index (χ0v) is 9.94. The molecule has 4 nitrogen and oxygen atoms in total. The first-order valence-electron chi connectivity index (χ1n) is 5.22. The van der Waals surface area contributed by atoms with Gasteiger partial charge in [0.05, 0.1) is 23.7 Å². The molecule has 2 unspecified atom stereocenters. The van der Waals surface area contributed by atoms with Gasteiger partial charge in [-0.2, -0.15) is 0 Å². The molecule has 1 aliphatic heterocycles. The highest BCUT2D eigenvalue weighted by atomic mass is 32.2. The van der Waals surface area contributed by atoms with Crippen LogP contribution in [0.1, 0.15) is 5.56 Å². The molecule has 2 rings (SSSR count). The molecule has 0 radical (unpaired) electrons. The fourth-order valence-corrected chi connectivity index (χ4v) is 3.62. The second-order valence-electron chi connectivity index (χ2n) is 4.12. The van der Waals surface area contributed by atoms with Crippen molar-refractivity contribution in [2.75, 3.05) is 16.8 Å². The lowest BCUT2D eigenvalue weighted by molar-refractivity contribution is 0.190. The van der Waals surface area contributed by atoms with Crippen LogP contribution in [0.3, 0.4) is 0 Å². The highest BCUT2D eigenvalue weighted by Crippen LogP contribution is 2.18. The first kappa shape index (κ1) is 12.0. The topological polar surface area (TPSA) is 66.4 Å². The van der Waals surface area contributed by atoms with Crippen LogP contribution in [0.5, 0.6) is 0 Å². The van der Waals surface area contributed by atoms with E-state index in [4.69, 9.17) is 6.42 Å². The Morgan fingerprint density at radius 3 is 2.76 bits per heavy atom. The quantitative estimate of drug-likeness (QED) is 0.739. The minimum Gasteiger partial charge on any atom is -0.390 e. The van der Waals surface area contributed by atoms with E-state index in [0.717, 1.165) is 5.69 Å². The fraction of sp³-hybridized carbons (Fsp3) is 0.333. The van der Waals surface area contributed by atoms with E-state index in [2.05, 4.69) is 11.2 Å². The minimum absolute atomic E-state index is 0.0472. The van der Waals surface area contributed by atoms with Gasteiger partial charge in [0.15, 0.2) is 9.84 Å². The smallest absolute Gasteiger partial charge is 0.155 e. The molecule has 0 aliphatic carbocycles. The average molecular weight is 251 g/mol. The van der Waals surface area contributed by atoms with Crippen molar-refractivity contribution < 1.29 is 13.5 Å². The highest BCUT2D eigenvalue weighted by Gasteiger charge is 2.36. The number of benzene rings is 1. The predicted molar refractivity (Wildman–Crippen MR) is 66.4 cm³/mol. The molecule has 0 amide bonds. The van der Waals surface area contributed by atoms with Gasteiger partial charge in [-0.15, -0.1) is 6.42 Å². The molecule has 1 saturated heterocycles. The Morgan fingerprint density at radius 2 is 2.18 bits per heavy atom. The Kier molecular flexibility index (Phi) is 3.09. The van der Waals surface area contributed by atoms with Crippen LogP contribution in [0, 0.1) is 12.3 Å². The first-order chi connectivity index (χ1) is 8.00. The average Bonchev–Trinajstić information content (AvgIpc) is 2.52. The molecule has 0 spiro atoms. The van der Waals surface area contributed by atoms with E-state index in [0.29, 0.717) is 5.56 Å². The standard InChI is InChI=1S/C12H13NO3S/c1-2-9-4-3-5-10(6-9)13-11-7-17(15,16)8-12(11)14/h1,3-6,11-14H,7-8H2. The van der Waals surface area contributed by atoms with Crippen molar-refractivity contribution in [1.82, 2.24) is 0 Å². The van der Waals surface area contributed by atoms with Crippen molar-refractivity contribution in [3.8, 4) is 12.3 Å². The number of aliphatic hydroxyl groups is 1. The lowest BCUT2D eigenvalue weighted by Crippen LogP contribution is -2.31. The van der Waals surface area contributed by atoms with Crippen molar-refractivity contribution in [2.24, 2.45) is 0 Å². The Labute approximate surface area is 101 Å². The molecule has 1 aliphatic rings. The number of sulfone groups is 1. The molecule has 0 aromatic heterocycles. The van der Waals surface area contributed by atoms with E-state index < -0.39 is 22.0 Å². The zero-order valence-electron chi connectivity index (χ0n) is 9.13. The number of rotatable bonds is 2. The molecular weight excluding hydrogens is 238 g/mol. The third kappa shape index (κ3) is 2.78. The maximum atomic E-state index is 11.3. The predicted octanol–water partition coefficient (Wildman–Crippen LogP) is 0.238. The molecular formula is C12H13NO3S. The number of terminal acetylenes is 1. The van der Waals surface area contributed by atoms with Crippen molar-refractivity contribution in [1.29, 1.82) is 0 Å². The summed E-state index contributed by atoms with van der Waals surface area (Å²) in [6.45, 7) is 0. The minimum atomic E-state index is -3.13. The van der Waals surface area contributed by atoms with Crippen LogP contribution in [-0.2, 0) is 9.84 Å². The molecule has 90 valence electrons. The summed E-state index contributed by atoms with van der Waals surface area (Å²) in [6, 6.07) is 6.64. The van der Waals surface area contributed by atoms with Crippen LogP contribution < -0.4 is 5.32 Å². The monoisotopic (exact) mass is 251 g/mol. The van der Waals surface area contributed by atoms with Gasteiger partial charge in [0.25, 0.3) is 0 Å². The lowest BCUT2D eigenvalue weighted by Gasteiger charge is -2.16. The van der Waals surface area contributed by atoms with Crippen molar-refractivity contribution in [3.63, 3.8) is 0 Å². The van der Waals surface area contributed by atoms with E-state index in [1.165, 1.54) is 0 Å². The summed E-state index contributed by atoms with van der Waals surface area (Å²) in [7, 11) is -3.13. The molecule has 1 aromatic carbocycles. The third-order valence-corrected chi connectivity index (χ3v) is 4.42. The zero-order chi connectivity index (χ0) is 12.5. The van der Waals surface area contributed by atoms with Crippen LogP contribution in [0.4, 0.5) is 5.69 Å². The van der Waals surface area contributed by atoms with E-state index in [1.54, 1.807) is 24.3 Å². The molecule has 17 heavy (non-hydrogen) atoms. The summed E-state index contributed by atoms with van der Waals surface area (Å²) >= 11 is 0. The molecule has 1 fully saturated rings. The molecule has 0 saturated carbocycles. The third-order valence-electron chi connectivity index (χ3n) is 2.70. The molecule has 1 aromatic rings. The van der Waals surface area contributed by atoms with Crippen LogP contribution in [0.15, 0.2) is 24.3 Å². The van der Waals surface area contributed by atoms with Gasteiger partial charge in [0.1, 0.15) is 0 Å².